The standard InChI is InChI=1S/C24H49N/c1-9-20(4)22-13-11-19(3)12-14-23(17-24(6,7)8)21(5)18-25(10-2)16-15-22/h19-23H,9-18H2,1-8H3. The van der Waals surface area contributed by atoms with Crippen molar-refractivity contribution >= 4 is 0 Å². The van der Waals surface area contributed by atoms with Crippen molar-refractivity contribution < 1.29 is 0 Å². The van der Waals surface area contributed by atoms with E-state index < -0.39 is 0 Å². The zero-order valence-electron chi connectivity index (χ0n) is 18.9. The van der Waals surface area contributed by atoms with Crippen LogP contribution in [0.1, 0.15) is 100 Å². The lowest BCUT2D eigenvalue weighted by atomic mass is 9.75. The van der Waals surface area contributed by atoms with Crippen molar-refractivity contribution in [1.29, 1.82) is 0 Å². The summed E-state index contributed by atoms with van der Waals surface area (Å²) < 4.78 is 0. The predicted molar refractivity (Wildman–Crippen MR) is 114 cm³/mol. The van der Waals surface area contributed by atoms with Gasteiger partial charge in [-0.05, 0) is 73.8 Å². The zero-order valence-corrected chi connectivity index (χ0v) is 18.9. The number of hydrogen-bond acceptors (Lipinski definition) is 1. The summed E-state index contributed by atoms with van der Waals surface area (Å²) in [6.07, 6.45) is 9.90. The van der Waals surface area contributed by atoms with E-state index in [4.69, 9.17) is 0 Å². The average molecular weight is 352 g/mol. The first-order valence-electron chi connectivity index (χ1n) is 11.4. The Morgan fingerprint density at radius 1 is 0.960 bits per heavy atom. The van der Waals surface area contributed by atoms with Crippen molar-refractivity contribution in [3.05, 3.63) is 0 Å². The molecule has 1 aliphatic rings. The van der Waals surface area contributed by atoms with Crippen LogP contribution in [0.25, 0.3) is 0 Å². The highest BCUT2D eigenvalue weighted by atomic mass is 15.1. The fourth-order valence-corrected chi connectivity index (χ4v) is 4.85. The molecule has 0 radical (unpaired) electrons. The molecule has 1 rings (SSSR count). The minimum atomic E-state index is 0.456. The first kappa shape index (κ1) is 23.0. The van der Waals surface area contributed by atoms with Gasteiger partial charge in [0.05, 0.1) is 0 Å². The van der Waals surface area contributed by atoms with Gasteiger partial charge in [0.1, 0.15) is 0 Å². The lowest BCUT2D eigenvalue weighted by Crippen LogP contribution is -2.35. The van der Waals surface area contributed by atoms with Crippen molar-refractivity contribution in [2.24, 2.45) is 35.0 Å². The monoisotopic (exact) mass is 351 g/mol. The molecule has 0 N–H and O–H groups in total. The molecule has 0 aromatic heterocycles. The number of rotatable bonds is 4. The van der Waals surface area contributed by atoms with Crippen LogP contribution in [0.2, 0.25) is 0 Å². The molecule has 1 heteroatoms. The van der Waals surface area contributed by atoms with E-state index >= 15 is 0 Å². The summed E-state index contributed by atoms with van der Waals surface area (Å²) >= 11 is 0. The van der Waals surface area contributed by atoms with Crippen LogP contribution in [0, 0.1) is 35.0 Å². The topological polar surface area (TPSA) is 3.24 Å². The highest BCUT2D eigenvalue weighted by molar-refractivity contribution is 4.79. The Hall–Kier alpha value is -0.0400. The number of hydrogen-bond donors (Lipinski definition) is 0. The van der Waals surface area contributed by atoms with Gasteiger partial charge < -0.3 is 4.90 Å². The summed E-state index contributed by atoms with van der Waals surface area (Å²) in [6, 6.07) is 0. The van der Waals surface area contributed by atoms with Crippen LogP contribution in [0.15, 0.2) is 0 Å². The molecule has 0 saturated carbocycles. The summed E-state index contributed by atoms with van der Waals surface area (Å²) in [4.78, 5) is 2.75. The van der Waals surface area contributed by atoms with Crippen LogP contribution in [-0.2, 0) is 0 Å². The fourth-order valence-electron chi connectivity index (χ4n) is 4.85. The molecule has 5 unspecified atom stereocenters. The Kier molecular flexibility index (Phi) is 10.1. The lowest BCUT2D eigenvalue weighted by molar-refractivity contribution is 0.138. The van der Waals surface area contributed by atoms with Gasteiger partial charge in [0.2, 0.25) is 0 Å². The maximum Gasteiger partial charge on any atom is 0.000955 e. The van der Waals surface area contributed by atoms with E-state index in [0.29, 0.717) is 5.41 Å². The molecule has 0 aromatic carbocycles. The molecule has 1 nitrogen and oxygen atoms in total. The Morgan fingerprint density at radius 3 is 2.16 bits per heavy atom. The molecule has 0 amide bonds. The molecule has 0 spiro atoms. The molecule has 1 fully saturated rings. The van der Waals surface area contributed by atoms with Crippen molar-refractivity contribution in [2.45, 2.75) is 100 Å². The second-order valence-corrected chi connectivity index (χ2v) is 10.6. The second kappa shape index (κ2) is 11.0. The second-order valence-electron chi connectivity index (χ2n) is 10.6. The summed E-state index contributed by atoms with van der Waals surface area (Å²) in [7, 11) is 0. The van der Waals surface area contributed by atoms with Gasteiger partial charge in [-0.1, -0.05) is 74.7 Å². The van der Waals surface area contributed by atoms with E-state index in [1.54, 1.807) is 0 Å². The van der Waals surface area contributed by atoms with E-state index in [1.807, 2.05) is 0 Å². The summed E-state index contributed by atoms with van der Waals surface area (Å²) in [5, 5.41) is 0. The van der Waals surface area contributed by atoms with Crippen molar-refractivity contribution in [3.8, 4) is 0 Å². The molecule has 150 valence electrons. The molecule has 1 aliphatic heterocycles. The maximum absolute atomic E-state index is 2.75. The summed E-state index contributed by atoms with van der Waals surface area (Å²) in [5.74, 6) is 4.44. The average Bonchev–Trinajstić information content (AvgIpc) is 2.54. The molecule has 1 saturated heterocycles. The van der Waals surface area contributed by atoms with Gasteiger partial charge in [-0.15, -0.1) is 0 Å². The third-order valence-electron chi connectivity index (χ3n) is 7.00. The van der Waals surface area contributed by atoms with Gasteiger partial charge >= 0.3 is 0 Å². The van der Waals surface area contributed by atoms with Crippen LogP contribution in [-0.4, -0.2) is 24.5 Å². The minimum absolute atomic E-state index is 0.456. The predicted octanol–water partition coefficient (Wildman–Crippen LogP) is 7.26. The first-order chi connectivity index (χ1) is 11.7. The van der Waals surface area contributed by atoms with Gasteiger partial charge in [0.15, 0.2) is 0 Å². The van der Waals surface area contributed by atoms with Crippen molar-refractivity contribution in [2.75, 3.05) is 19.6 Å². The smallest absolute Gasteiger partial charge is 0.000955 e. The SMILES string of the molecule is CCC(C)C1CCC(C)CCC(CC(C)(C)C)C(C)CN(CC)CC1. The van der Waals surface area contributed by atoms with Crippen LogP contribution in [0.5, 0.6) is 0 Å². The molecule has 0 bridgehead atoms. The zero-order chi connectivity index (χ0) is 19.0. The molecular weight excluding hydrogens is 302 g/mol. The lowest BCUT2D eigenvalue weighted by Gasteiger charge is -2.36. The van der Waals surface area contributed by atoms with Gasteiger partial charge in [0, 0.05) is 6.54 Å². The van der Waals surface area contributed by atoms with Crippen LogP contribution in [0.3, 0.4) is 0 Å². The normalized spacial score (nSPS) is 32.6. The minimum Gasteiger partial charge on any atom is -0.303 e. The van der Waals surface area contributed by atoms with Crippen LogP contribution in [0.4, 0.5) is 0 Å². The number of nitrogens with zero attached hydrogens (tertiary/aromatic N) is 1. The van der Waals surface area contributed by atoms with Gasteiger partial charge in [-0.3, -0.25) is 0 Å². The maximum atomic E-state index is 2.75. The van der Waals surface area contributed by atoms with Gasteiger partial charge in [0.25, 0.3) is 0 Å². The van der Waals surface area contributed by atoms with Crippen LogP contribution < -0.4 is 0 Å². The van der Waals surface area contributed by atoms with E-state index in [0.717, 1.165) is 29.6 Å². The third kappa shape index (κ3) is 8.94. The fraction of sp³-hybridized carbons (Fsp3) is 1.00. The van der Waals surface area contributed by atoms with Crippen molar-refractivity contribution in [3.63, 3.8) is 0 Å². The van der Waals surface area contributed by atoms with Crippen LogP contribution >= 0.6 is 0 Å². The Morgan fingerprint density at radius 2 is 1.60 bits per heavy atom. The molecule has 0 aliphatic carbocycles. The quantitative estimate of drug-likeness (QED) is 0.515. The van der Waals surface area contributed by atoms with Crippen molar-refractivity contribution in [1.82, 2.24) is 4.90 Å². The van der Waals surface area contributed by atoms with Gasteiger partial charge in [-0.25, -0.2) is 0 Å². The largest absolute Gasteiger partial charge is 0.303 e. The van der Waals surface area contributed by atoms with E-state index in [-0.39, 0.29) is 0 Å². The molecule has 1 heterocycles. The Labute approximate surface area is 160 Å². The van der Waals surface area contributed by atoms with E-state index in [2.05, 4.69) is 60.3 Å². The molecule has 0 aromatic rings. The highest BCUT2D eigenvalue weighted by Gasteiger charge is 2.27. The van der Waals surface area contributed by atoms with Gasteiger partial charge in [-0.2, -0.15) is 0 Å². The van der Waals surface area contributed by atoms with E-state index in [9.17, 15) is 0 Å². The summed E-state index contributed by atoms with van der Waals surface area (Å²) in [5.41, 5.74) is 0.456. The first-order valence-corrected chi connectivity index (χ1v) is 11.4. The third-order valence-corrected chi connectivity index (χ3v) is 7.00. The van der Waals surface area contributed by atoms with E-state index in [1.165, 1.54) is 64.6 Å². The molecule has 5 atom stereocenters. The highest BCUT2D eigenvalue weighted by Crippen LogP contribution is 2.35. The molecular formula is C24H49N. The Balaban J connectivity index is 2.83. The Bertz CT molecular complexity index is 342. The summed E-state index contributed by atoms with van der Waals surface area (Å²) in [6.45, 7) is 23.4. The molecule has 25 heavy (non-hydrogen) atoms.